The lowest BCUT2D eigenvalue weighted by Crippen LogP contribution is -2.29. The fraction of sp³-hybridized carbons (Fsp3) is 0.130. The summed E-state index contributed by atoms with van der Waals surface area (Å²) in [6.45, 7) is 0.927. The maximum atomic E-state index is 13.0. The highest BCUT2D eigenvalue weighted by atomic mass is 19.1. The van der Waals surface area contributed by atoms with Crippen molar-refractivity contribution in [2.75, 3.05) is 11.4 Å². The molecular formula is C23H19FN2O2. The summed E-state index contributed by atoms with van der Waals surface area (Å²) in [6.07, 6.45) is 0.833. The van der Waals surface area contributed by atoms with E-state index in [-0.39, 0.29) is 24.2 Å². The van der Waals surface area contributed by atoms with E-state index in [1.807, 2.05) is 24.3 Å². The van der Waals surface area contributed by atoms with Crippen molar-refractivity contribution in [1.29, 1.82) is 0 Å². The van der Waals surface area contributed by atoms with E-state index in [1.165, 1.54) is 12.1 Å². The van der Waals surface area contributed by atoms with Crippen LogP contribution in [0.1, 0.15) is 31.8 Å². The zero-order valence-corrected chi connectivity index (χ0v) is 15.2. The Morgan fingerprint density at radius 2 is 1.68 bits per heavy atom. The molecule has 3 aromatic carbocycles. The van der Waals surface area contributed by atoms with E-state index in [2.05, 4.69) is 5.32 Å². The Bertz CT molecular complexity index is 1030. The first-order chi connectivity index (χ1) is 13.6. The van der Waals surface area contributed by atoms with Crippen molar-refractivity contribution in [2.24, 2.45) is 0 Å². The Kier molecular flexibility index (Phi) is 4.89. The van der Waals surface area contributed by atoms with E-state index in [4.69, 9.17) is 0 Å². The van der Waals surface area contributed by atoms with Gasteiger partial charge < -0.3 is 10.2 Å². The number of anilines is 1. The van der Waals surface area contributed by atoms with Gasteiger partial charge in [-0.05, 0) is 53.9 Å². The van der Waals surface area contributed by atoms with Gasteiger partial charge in [0.05, 0.1) is 0 Å². The lowest BCUT2D eigenvalue weighted by molar-refractivity contribution is 0.0951. The minimum atomic E-state index is -0.315. The second-order valence-corrected chi connectivity index (χ2v) is 6.73. The molecule has 1 N–H and O–H groups in total. The summed E-state index contributed by atoms with van der Waals surface area (Å²) in [4.78, 5) is 27.2. The van der Waals surface area contributed by atoms with E-state index in [0.717, 1.165) is 23.2 Å². The first-order valence-corrected chi connectivity index (χ1v) is 9.14. The van der Waals surface area contributed by atoms with Gasteiger partial charge in [-0.15, -0.1) is 0 Å². The van der Waals surface area contributed by atoms with Gasteiger partial charge in [0.15, 0.2) is 0 Å². The third kappa shape index (κ3) is 3.64. The van der Waals surface area contributed by atoms with E-state index < -0.39 is 0 Å². The number of para-hydroxylation sites is 1. The number of hydrogen-bond donors (Lipinski definition) is 1. The first kappa shape index (κ1) is 17.9. The summed E-state index contributed by atoms with van der Waals surface area (Å²) in [5, 5.41) is 2.80. The highest BCUT2D eigenvalue weighted by Crippen LogP contribution is 2.28. The van der Waals surface area contributed by atoms with Crippen molar-refractivity contribution in [1.82, 2.24) is 5.32 Å². The van der Waals surface area contributed by atoms with Crippen LogP contribution in [0.4, 0.5) is 10.1 Å². The van der Waals surface area contributed by atoms with Crippen LogP contribution in [0.5, 0.6) is 0 Å². The maximum absolute atomic E-state index is 13.0. The van der Waals surface area contributed by atoms with Gasteiger partial charge in [0.1, 0.15) is 5.82 Å². The molecule has 0 aromatic heterocycles. The largest absolute Gasteiger partial charge is 0.348 e. The number of benzene rings is 3. The summed E-state index contributed by atoms with van der Waals surface area (Å²) in [6, 6.07) is 20.5. The van der Waals surface area contributed by atoms with Crippen molar-refractivity contribution in [3.8, 4) is 0 Å². The number of fused-ring (bicyclic) bond motifs is 1. The predicted octanol–water partition coefficient (Wildman–Crippen LogP) is 3.96. The molecule has 0 bridgehead atoms. The first-order valence-electron chi connectivity index (χ1n) is 9.14. The van der Waals surface area contributed by atoms with Gasteiger partial charge in [-0.2, -0.15) is 0 Å². The second-order valence-electron chi connectivity index (χ2n) is 6.73. The minimum absolute atomic E-state index is 0.113. The van der Waals surface area contributed by atoms with E-state index in [9.17, 15) is 14.0 Å². The van der Waals surface area contributed by atoms with Crippen molar-refractivity contribution >= 4 is 17.5 Å². The van der Waals surface area contributed by atoms with Crippen LogP contribution in [-0.2, 0) is 13.0 Å². The molecule has 0 unspecified atom stereocenters. The smallest absolute Gasteiger partial charge is 0.258 e. The fourth-order valence-electron chi connectivity index (χ4n) is 3.39. The monoisotopic (exact) mass is 374 g/mol. The number of hydrogen-bond acceptors (Lipinski definition) is 2. The van der Waals surface area contributed by atoms with Gasteiger partial charge in [-0.3, -0.25) is 9.59 Å². The third-order valence-electron chi connectivity index (χ3n) is 4.87. The topological polar surface area (TPSA) is 49.4 Å². The average molecular weight is 374 g/mol. The van der Waals surface area contributed by atoms with Gasteiger partial charge in [0.25, 0.3) is 11.8 Å². The molecule has 0 saturated heterocycles. The van der Waals surface area contributed by atoms with Crippen molar-refractivity contribution in [3.05, 3.63) is 101 Å². The Morgan fingerprint density at radius 3 is 2.50 bits per heavy atom. The van der Waals surface area contributed by atoms with Crippen LogP contribution >= 0.6 is 0 Å². The highest BCUT2D eigenvalue weighted by molar-refractivity contribution is 6.08. The van der Waals surface area contributed by atoms with Crippen LogP contribution in [0, 0.1) is 5.82 Å². The summed E-state index contributed by atoms with van der Waals surface area (Å²) in [5.74, 6) is -0.705. The zero-order chi connectivity index (χ0) is 19.5. The van der Waals surface area contributed by atoms with Crippen LogP contribution in [0.2, 0.25) is 0 Å². The van der Waals surface area contributed by atoms with Gasteiger partial charge in [0, 0.05) is 29.9 Å². The number of amides is 2. The zero-order valence-electron chi connectivity index (χ0n) is 15.2. The van der Waals surface area contributed by atoms with Crippen molar-refractivity contribution < 1.29 is 14.0 Å². The Hall–Kier alpha value is -3.47. The van der Waals surface area contributed by atoms with Crippen molar-refractivity contribution in [2.45, 2.75) is 13.0 Å². The standard InChI is InChI=1S/C23H19FN2O2/c24-20-10-8-16(9-11-20)15-25-22(27)18-5-3-6-19(14-18)23(28)26-13-12-17-4-1-2-7-21(17)26/h1-11,14H,12-13,15H2,(H,25,27). The molecule has 4 nitrogen and oxygen atoms in total. The summed E-state index contributed by atoms with van der Waals surface area (Å²) in [5.41, 5.74) is 3.78. The number of rotatable bonds is 4. The van der Waals surface area contributed by atoms with Crippen LogP contribution in [-0.4, -0.2) is 18.4 Å². The molecule has 28 heavy (non-hydrogen) atoms. The number of nitrogens with one attached hydrogen (secondary N) is 1. The molecule has 0 radical (unpaired) electrons. The molecule has 3 aromatic rings. The Balaban J connectivity index is 1.47. The molecule has 1 heterocycles. The van der Waals surface area contributed by atoms with Crippen LogP contribution < -0.4 is 10.2 Å². The Labute approximate surface area is 162 Å². The van der Waals surface area contributed by atoms with E-state index >= 15 is 0 Å². The quantitative estimate of drug-likeness (QED) is 0.752. The van der Waals surface area contributed by atoms with Gasteiger partial charge in [-0.1, -0.05) is 36.4 Å². The van der Waals surface area contributed by atoms with E-state index in [0.29, 0.717) is 17.7 Å². The molecule has 0 saturated carbocycles. The van der Waals surface area contributed by atoms with Crippen molar-refractivity contribution in [3.63, 3.8) is 0 Å². The van der Waals surface area contributed by atoms with Crippen LogP contribution in [0.15, 0.2) is 72.8 Å². The second kappa shape index (κ2) is 7.64. The third-order valence-corrected chi connectivity index (χ3v) is 4.87. The molecule has 1 aliphatic heterocycles. The summed E-state index contributed by atoms with van der Waals surface area (Å²) in [7, 11) is 0. The molecule has 2 amide bonds. The molecule has 0 aliphatic carbocycles. The molecule has 140 valence electrons. The lowest BCUT2D eigenvalue weighted by atomic mass is 10.1. The van der Waals surface area contributed by atoms with Gasteiger partial charge >= 0.3 is 0 Å². The molecular weight excluding hydrogens is 355 g/mol. The number of carbonyl (C=O) groups excluding carboxylic acids is 2. The predicted molar refractivity (Wildman–Crippen MR) is 106 cm³/mol. The van der Waals surface area contributed by atoms with E-state index in [1.54, 1.807) is 41.3 Å². The molecule has 0 fully saturated rings. The lowest BCUT2D eigenvalue weighted by Gasteiger charge is -2.17. The van der Waals surface area contributed by atoms with Crippen LogP contribution in [0.25, 0.3) is 0 Å². The van der Waals surface area contributed by atoms with Gasteiger partial charge in [0.2, 0.25) is 0 Å². The summed E-state index contributed by atoms with van der Waals surface area (Å²) < 4.78 is 13.0. The molecule has 5 heteroatoms. The normalized spacial score (nSPS) is 12.5. The number of carbonyl (C=O) groups is 2. The number of halogens is 1. The SMILES string of the molecule is O=C(NCc1ccc(F)cc1)c1cccc(C(=O)N2CCc3ccccc32)c1. The number of nitrogens with zero attached hydrogens (tertiary/aromatic N) is 1. The summed E-state index contributed by atoms with van der Waals surface area (Å²) >= 11 is 0. The highest BCUT2D eigenvalue weighted by Gasteiger charge is 2.25. The average Bonchev–Trinajstić information content (AvgIpc) is 3.17. The molecule has 4 rings (SSSR count). The van der Waals surface area contributed by atoms with Gasteiger partial charge in [-0.25, -0.2) is 4.39 Å². The minimum Gasteiger partial charge on any atom is -0.348 e. The van der Waals surface area contributed by atoms with Crippen LogP contribution in [0.3, 0.4) is 0 Å². The molecule has 0 spiro atoms. The fourth-order valence-corrected chi connectivity index (χ4v) is 3.39. The Morgan fingerprint density at radius 1 is 0.929 bits per heavy atom. The molecule has 1 aliphatic rings. The molecule has 0 atom stereocenters. The maximum Gasteiger partial charge on any atom is 0.258 e.